The number of nitrogens with one attached hydrogen (secondary N) is 1. The molecule has 102 valence electrons. The predicted octanol–water partition coefficient (Wildman–Crippen LogP) is 0.758. The van der Waals surface area contributed by atoms with Gasteiger partial charge in [0.15, 0.2) is 0 Å². The minimum Gasteiger partial charge on any atom is -0.398 e. The third kappa shape index (κ3) is 3.43. The third-order valence-electron chi connectivity index (χ3n) is 2.91. The van der Waals surface area contributed by atoms with E-state index >= 15 is 0 Å². The summed E-state index contributed by atoms with van der Waals surface area (Å²) in [6, 6.07) is 3.84. The number of likely N-dealkylation sites (N-methyl/N-ethyl adjacent to an activating group) is 1. The molecule has 3 N–H and O–H groups in total. The average Bonchev–Trinajstić information content (AvgIpc) is 3.11. The van der Waals surface area contributed by atoms with Crippen molar-refractivity contribution in [3.63, 3.8) is 0 Å². The lowest BCUT2D eigenvalue weighted by Crippen LogP contribution is -2.39. The smallest absolute Gasteiger partial charge is 0.256 e. The molecule has 5 nitrogen and oxygen atoms in total. The van der Waals surface area contributed by atoms with Crippen LogP contribution in [0.1, 0.15) is 23.2 Å². The van der Waals surface area contributed by atoms with Crippen LogP contribution in [0.4, 0.5) is 10.1 Å². The highest BCUT2D eigenvalue weighted by Crippen LogP contribution is 2.18. The predicted molar refractivity (Wildman–Crippen MR) is 68.9 cm³/mol. The lowest BCUT2D eigenvalue weighted by Gasteiger charge is -2.17. The van der Waals surface area contributed by atoms with Gasteiger partial charge in [0.25, 0.3) is 5.91 Å². The molecule has 19 heavy (non-hydrogen) atoms. The van der Waals surface area contributed by atoms with Gasteiger partial charge in [0, 0.05) is 18.8 Å². The van der Waals surface area contributed by atoms with Gasteiger partial charge in [0.05, 0.1) is 12.1 Å². The average molecular weight is 265 g/mol. The van der Waals surface area contributed by atoms with Crippen LogP contribution < -0.4 is 11.1 Å². The van der Waals surface area contributed by atoms with Crippen molar-refractivity contribution in [1.29, 1.82) is 0 Å². The zero-order valence-corrected chi connectivity index (χ0v) is 10.6. The third-order valence-corrected chi connectivity index (χ3v) is 2.91. The maximum Gasteiger partial charge on any atom is 0.256 e. The highest BCUT2D eigenvalue weighted by Gasteiger charge is 2.24. The number of rotatable bonds is 4. The van der Waals surface area contributed by atoms with Gasteiger partial charge >= 0.3 is 0 Å². The van der Waals surface area contributed by atoms with Gasteiger partial charge in [-0.2, -0.15) is 0 Å². The van der Waals surface area contributed by atoms with Crippen molar-refractivity contribution in [2.45, 2.75) is 18.9 Å². The largest absolute Gasteiger partial charge is 0.398 e. The fraction of sp³-hybridized carbons (Fsp3) is 0.385. The summed E-state index contributed by atoms with van der Waals surface area (Å²) >= 11 is 0. The molecule has 0 unspecified atom stereocenters. The molecule has 1 aliphatic carbocycles. The number of nitrogens with two attached hydrogens (primary N) is 1. The van der Waals surface area contributed by atoms with Crippen molar-refractivity contribution in [3.8, 4) is 0 Å². The molecule has 2 amide bonds. The molecule has 1 aromatic rings. The quantitative estimate of drug-likeness (QED) is 0.789. The molecule has 2 rings (SSSR count). The molecule has 1 aromatic carbocycles. The van der Waals surface area contributed by atoms with Crippen LogP contribution in [0.2, 0.25) is 0 Å². The number of benzene rings is 1. The first kappa shape index (κ1) is 13.3. The van der Waals surface area contributed by atoms with Gasteiger partial charge < -0.3 is 16.0 Å². The summed E-state index contributed by atoms with van der Waals surface area (Å²) in [7, 11) is 1.51. The van der Waals surface area contributed by atoms with E-state index in [-0.39, 0.29) is 29.7 Å². The van der Waals surface area contributed by atoms with Crippen molar-refractivity contribution in [1.82, 2.24) is 10.2 Å². The molecule has 1 aliphatic rings. The minimum atomic E-state index is -0.497. The highest BCUT2D eigenvalue weighted by atomic mass is 19.1. The second-order valence-corrected chi connectivity index (χ2v) is 4.73. The van der Waals surface area contributed by atoms with Crippen LogP contribution in [0.15, 0.2) is 18.2 Å². The Kier molecular flexibility index (Phi) is 3.69. The molecular formula is C13H16FN3O2. The lowest BCUT2D eigenvalue weighted by molar-refractivity contribution is -0.121. The Morgan fingerprint density at radius 1 is 1.47 bits per heavy atom. The Morgan fingerprint density at radius 3 is 2.74 bits per heavy atom. The molecule has 1 saturated carbocycles. The number of amides is 2. The van der Waals surface area contributed by atoms with Gasteiger partial charge in [-0.3, -0.25) is 9.59 Å². The van der Waals surface area contributed by atoms with E-state index in [1.807, 2.05) is 0 Å². The van der Waals surface area contributed by atoms with E-state index in [4.69, 9.17) is 5.73 Å². The first-order valence-corrected chi connectivity index (χ1v) is 6.07. The second-order valence-electron chi connectivity index (χ2n) is 4.73. The molecule has 0 atom stereocenters. The first-order valence-electron chi connectivity index (χ1n) is 6.07. The maximum atomic E-state index is 12.9. The molecule has 6 heteroatoms. The Labute approximate surface area is 110 Å². The van der Waals surface area contributed by atoms with E-state index in [2.05, 4.69) is 5.32 Å². The Morgan fingerprint density at radius 2 is 2.16 bits per heavy atom. The molecule has 0 saturated heterocycles. The normalized spacial score (nSPS) is 14.0. The van der Waals surface area contributed by atoms with Gasteiger partial charge in [-0.15, -0.1) is 0 Å². The standard InChI is InChI=1S/C13H16FN3O2/c1-17(7-12(18)16-9-3-4-9)13(19)10-5-2-8(14)6-11(10)15/h2,5-6,9H,3-4,7,15H2,1H3,(H,16,18). The highest BCUT2D eigenvalue weighted by molar-refractivity contribution is 6.00. The Balaban J connectivity index is 1.99. The maximum absolute atomic E-state index is 12.9. The SMILES string of the molecule is CN(CC(=O)NC1CC1)C(=O)c1ccc(F)cc1N. The summed E-state index contributed by atoms with van der Waals surface area (Å²) in [5, 5.41) is 2.79. The zero-order chi connectivity index (χ0) is 14.0. The molecular weight excluding hydrogens is 249 g/mol. The lowest BCUT2D eigenvalue weighted by atomic mass is 10.1. The molecule has 0 aromatic heterocycles. The van der Waals surface area contributed by atoms with E-state index in [9.17, 15) is 14.0 Å². The topological polar surface area (TPSA) is 75.4 Å². The second kappa shape index (κ2) is 5.26. The number of halogens is 1. The summed E-state index contributed by atoms with van der Waals surface area (Å²) < 4.78 is 12.9. The summed E-state index contributed by atoms with van der Waals surface area (Å²) in [4.78, 5) is 24.9. The summed E-state index contributed by atoms with van der Waals surface area (Å²) in [5.74, 6) is -1.09. The minimum absolute atomic E-state index is 0.0356. The van der Waals surface area contributed by atoms with Crippen molar-refractivity contribution in [3.05, 3.63) is 29.6 Å². The van der Waals surface area contributed by atoms with Crippen LogP contribution in [0.3, 0.4) is 0 Å². The van der Waals surface area contributed by atoms with Gasteiger partial charge in [-0.1, -0.05) is 0 Å². The van der Waals surface area contributed by atoms with Gasteiger partial charge in [-0.25, -0.2) is 4.39 Å². The van der Waals surface area contributed by atoms with Crippen LogP contribution >= 0.6 is 0 Å². The summed E-state index contributed by atoms with van der Waals surface area (Å²) in [6.07, 6.45) is 1.99. The van der Waals surface area contributed by atoms with Gasteiger partial charge in [0.1, 0.15) is 5.82 Å². The number of hydrogen-bond donors (Lipinski definition) is 2. The zero-order valence-electron chi connectivity index (χ0n) is 10.6. The van der Waals surface area contributed by atoms with Crippen molar-refractivity contribution in [2.24, 2.45) is 0 Å². The molecule has 0 radical (unpaired) electrons. The van der Waals surface area contributed by atoms with E-state index < -0.39 is 11.7 Å². The van der Waals surface area contributed by atoms with Crippen molar-refractivity contribution < 1.29 is 14.0 Å². The number of nitrogens with zero attached hydrogens (tertiary/aromatic N) is 1. The number of carbonyl (C=O) groups is 2. The summed E-state index contributed by atoms with van der Waals surface area (Å²) in [6.45, 7) is -0.0356. The van der Waals surface area contributed by atoms with Crippen LogP contribution in [0.5, 0.6) is 0 Å². The van der Waals surface area contributed by atoms with E-state index in [1.54, 1.807) is 0 Å². The van der Waals surface area contributed by atoms with Crippen LogP contribution in [0, 0.1) is 5.82 Å². The van der Waals surface area contributed by atoms with Crippen molar-refractivity contribution in [2.75, 3.05) is 19.3 Å². The fourth-order valence-corrected chi connectivity index (χ4v) is 1.72. The number of anilines is 1. The number of hydrogen-bond acceptors (Lipinski definition) is 3. The Bertz CT molecular complexity index is 515. The Hall–Kier alpha value is -2.11. The molecule has 0 aliphatic heterocycles. The van der Waals surface area contributed by atoms with E-state index in [1.165, 1.54) is 24.1 Å². The van der Waals surface area contributed by atoms with Crippen molar-refractivity contribution >= 4 is 17.5 Å². The van der Waals surface area contributed by atoms with Crippen LogP contribution in [-0.4, -0.2) is 36.3 Å². The summed E-state index contributed by atoms with van der Waals surface area (Å²) in [5.41, 5.74) is 5.86. The molecule has 0 spiro atoms. The molecule has 0 heterocycles. The van der Waals surface area contributed by atoms with Crippen LogP contribution in [-0.2, 0) is 4.79 Å². The fourth-order valence-electron chi connectivity index (χ4n) is 1.72. The van der Waals surface area contributed by atoms with E-state index in [0.717, 1.165) is 18.9 Å². The molecule has 0 bridgehead atoms. The van der Waals surface area contributed by atoms with Gasteiger partial charge in [-0.05, 0) is 31.0 Å². The number of carbonyl (C=O) groups excluding carboxylic acids is 2. The van der Waals surface area contributed by atoms with Gasteiger partial charge in [0.2, 0.25) is 5.91 Å². The molecule has 1 fully saturated rings. The monoisotopic (exact) mass is 265 g/mol. The first-order chi connectivity index (χ1) is 8.97. The van der Waals surface area contributed by atoms with Crippen LogP contribution in [0.25, 0.3) is 0 Å². The number of nitrogen functional groups attached to an aromatic ring is 1. The van der Waals surface area contributed by atoms with E-state index in [0.29, 0.717) is 0 Å².